The number of anilines is 1. The summed E-state index contributed by atoms with van der Waals surface area (Å²) in [5.41, 5.74) is 2.45. The van der Waals surface area contributed by atoms with Crippen LogP contribution in [-0.4, -0.2) is 37.5 Å². The molecule has 0 aromatic heterocycles. The van der Waals surface area contributed by atoms with Crippen LogP contribution in [0.15, 0.2) is 24.3 Å². The molecule has 1 saturated heterocycles. The predicted octanol–water partition coefficient (Wildman–Crippen LogP) is 1.79. The Labute approximate surface area is 137 Å². The lowest BCUT2D eigenvalue weighted by molar-refractivity contribution is -0.128. The topological polar surface area (TPSA) is 61.4 Å². The van der Waals surface area contributed by atoms with Crippen molar-refractivity contribution >= 4 is 17.5 Å². The third kappa shape index (κ3) is 3.66. The van der Waals surface area contributed by atoms with Gasteiger partial charge in [-0.25, -0.2) is 0 Å². The number of hydrogen-bond acceptors (Lipinski definition) is 3. The van der Waals surface area contributed by atoms with Gasteiger partial charge in [-0.2, -0.15) is 0 Å². The van der Waals surface area contributed by atoms with Crippen molar-refractivity contribution in [3.05, 3.63) is 29.8 Å². The molecule has 124 valence electrons. The van der Waals surface area contributed by atoms with Crippen molar-refractivity contribution in [2.45, 2.75) is 44.6 Å². The molecule has 0 saturated carbocycles. The molecule has 3 rings (SSSR count). The molecule has 0 aliphatic carbocycles. The highest BCUT2D eigenvalue weighted by Crippen LogP contribution is 2.34. The Bertz CT molecular complexity index is 587. The molecule has 2 amide bonds. The van der Waals surface area contributed by atoms with Gasteiger partial charge in [0.2, 0.25) is 11.8 Å². The Hall–Kier alpha value is -2.04. The van der Waals surface area contributed by atoms with E-state index in [0.717, 1.165) is 37.9 Å². The van der Waals surface area contributed by atoms with Gasteiger partial charge in [-0.05, 0) is 43.2 Å². The fourth-order valence-corrected chi connectivity index (χ4v) is 3.47. The molecule has 0 radical (unpaired) electrons. The van der Waals surface area contributed by atoms with Crippen molar-refractivity contribution in [1.82, 2.24) is 10.6 Å². The fourth-order valence-electron chi connectivity index (χ4n) is 3.47. The van der Waals surface area contributed by atoms with Gasteiger partial charge >= 0.3 is 0 Å². The Morgan fingerprint density at radius 2 is 2.13 bits per heavy atom. The minimum absolute atomic E-state index is 0.0523. The number of benzene rings is 1. The molecule has 0 unspecified atom stereocenters. The van der Waals surface area contributed by atoms with Crippen molar-refractivity contribution in [3.63, 3.8) is 0 Å². The van der Waals surface area contributed by atoms with Gasteiger partial charge < -0.3 is 15.5 Å². The van der Waals surface area contributed by atoms with E-state index < -0.39 is 0 Å². The zero-order valence-corrected chi connectivity index (χ0v) is 13.7. The summed E-state index contributed by atoms with van der Waals surface area (Å²) in [5, 5.41) is 5.76. The van der Waals surface area contributed by atoms with Crippen LogP contribution in [0, 0.1) is 0 Å². The zero-order chi connectivity index (χ0) is 16.2. The third-order valence-electron chi connectivity index (χ3n) is 4.85. The summed E-state index contributed by atoms with van der Waals surface area (Å²) in [5.74, 6) is 0.401. The molecule has 2 heterocycles. The van der Waals surface area contributed by atoms with E-state index in [1.165, 1.54) is 5.56 Å². The Morgan fingerprint density at radius 3 is 3.00 bits per heavy atom. The van der Waals surface area contributed by atoms with Gasteiger partial charge in [-0.3, -0.25) is 9.59 Å². The zero-order valence-electron chi connectivity index (χ0n) is 13.7. The second-order valence-electron chi connectivity index (χ2n) is 6.58. The van der Waals surface area contributed by atoms with Gasteiger partial charge in [-0.15, -0.1) is 0 Å². The molecule has 1 aromatic carbocycles. The van der Waals surface area contributed by atoms with Crippen LogP contribution in [0.5, 0.6) is 0 Å². The number of rotatable bonds is 3. The van der Waals surface area contributed by atoms with Gasteiger partial charge in [0.15, 0.2) is 0 Å². The summed E-state index contributed by atoms with van der Waals surface area (Å²) in [6.45, 7) is 4.13. The van der Waals surface area contributed by atoms with Crippen LogP contribution in [-0.2, 0) is 9.59 Å². The Balaban J connectivity index is 1.64. The average Bonchev–Trinajstić information content (AvgIpc) is 2.75. The standard InChI is InChI=1S/C18H25N3O2/c1-13-9-11-21(16-8-3-2-6-14(13)16)12-17(22)20-15-7-4-5-10-19-18(15)23/h2-3,6,8,13,15H,4-5,7,9-12H2,1H3,(H,19,23)(H,20,22)/t13-,15+/m1/s1. The number of amides is 2. The van der Waals surface area contributed by atoms with E-state index in [2.05, 4.69) is 40.7 Å². The summed E-state index contributed by atoms with van der Waals surface area (Å²) in [7, 11) is 0. The largest absolute Gasteiger partial charge is 0.362 e. The molecule has 1 fully saturated rings. The van der Waals surface area contributed by atoms with Crippen molar-refractivity contribution < 1.29 is 9.59 Å². The van der Waals surface area contributed by atoms with Gasteiger partial charge in [0.05, 0.1) is 6.54 Å². The summed E-state index contributed by atoms with van der Waals surface area (Å²) >= 11 is 0. The monoisotopic (exact) mass is 315 g/mol. The maximum atomic E-state index is 12.4. The molecule has 5 heteroatoms. The quantitative estimate of drug-likeness (QED) is 0.894. The van der Waals surface area contributed by atoms with E-state index in [-0.39, 0.29) is 17.9 Å². The molecule has 2 aliphatic heterocycles. The Kier molecular flexibility index (Phi) is 4.84. The number of para-hydroxylation sites is 1. The first-order chi connectivity index (χ1) is 11.1. The average molecular weight is 315 g/mol. The van der Waals surface area contributed by atoms with Crippen molar-refractivity contribution in [2.75, 3.05) is 24.5 Å². The maximum absolute atomic E-state index is 12.4. The van der Waals surface area contributed by atoms with Gasteiger partial charge in [0.25, 0.3) is 0 Å². The fraction of sp³-hybridized carbons (Fsp3) is 0.556. The number of hydrogen-bond donors (Lipinski definition) is 2. The maximum Gasteiger partial charge on any atom is 0.242 e. The van der Waals surface area contributed by atoms with E-state index in [1.54, 1.807) is 0 Å². The molecule has 0 bridgehead atoms. The minimum atomic E-state index is -0.385. The summed E-state index contributed by atoms with van der Waals surface area (Å²) in [6, 6.07) is 7.90. The van der Waals surface area contributed by atoms with E-state index in [4.69, 9.17) is 0 Å². The molecule has 1 aromatic rings. The smallest absolute Gasteiger partial charge is 0.242 e. The van der Waals surface area contributed by atoms with Crippen LogP contribution in [0.4, 0.5) is 5.69 Å². The highest BCUT2D eigenvalue weighted by molar-refractivity contribution is 5.89. The summed E-state index contributed by atoms with van der Waals surface area (Å²) in [4.78, 5) is 26.5. The number of carbonyl (C=O) groups is 2. The highest BCUT2D eigenvalue weighted by atomic mass is 16.2. The van der Waals surface area contributed by atoms with Crippen LogP contribution in [0.25, 0.3) is 0 Å². The normalized spacial score (nSPS) is 24.4. The van der Waals surface area contributed by atoms with Crippen LogP contribution >= 0.6 is 0 Å². The van der Waals surface area contributed by atoms with Crippen LogP contribution in [0.1, 0.15) is 44.1 Å². The van der Waals surface area contributed by atoms with E-state index in [1.807, 2.05) is 6.07 Å². The van der Waals surface area contributed by atoms with Gasteiger partial charge in [-0.1, -0.05) is 25.1 Å². The molecule has 23 heavy (non-hydrogen) atoms. The van der Waals surface area contributed by atoms with Crippen LogP contribution < -0.4 is 15.5 Å². The third-order valence-corrected chi connectivity index (χ3v) is 4.85. The second-order valence-corrected chi connectivity index (χ2v) is 6.58. The van der Waals surface area contributed by atoms with E-state index in [9.17, 15) is 9.59 Å². The number of nitrogens with one attached hydrogen (secondary N) is 2. The summed E-state index contributed by atoms with van der Waals surface area (Å²) < 4.78 is 0. The van der Waals surface area contributed by atoms with Crippen molar-refractivity contribution in [1.29, 1.82) is 0 Å². The first kappa shape index (κ1) is 15.8. The number of carbonyl (C=O) groups excluding carboxylic acids is 2. The van der Waals surface area contributed by atoms with Gasteiger partial charge in [0.1, 0.15) is 6.04 Å². The Morgan fingerprint density at radius 1 is 1.30 bits per heavy atom. The van der Waals surface area contributed by atoms with Crippen molar-refractivity contribution in [3.8, 4) is 0 Å². The molecule has 2 atom stereocenters. The first-order valence-corrected chi connectivity index (χ1v) is 8.56. The predicted molar refractivity (Wildman–Crippen MR) is 90.5 cm³/mol. The number of nitrogens with zero attached hydrogens (tertiary/aromatic N) is 1. The molecular weight excluding hydrogens is 290 g/mol. The lowest BCUT2D eigenvalue weighted by atomic mass is 9.91. The van der Waals surface area contributed by atoms with Crippen molar-refractivity contribution in [2.24, 2.45) is 0 Å². The first-order valence-electron chi connectivity index (χ1n) is 8.56. The molecule has 2 aliphatic rings. The molecule has 0 spiro atoms. The lowest BCUT2D eigenvalue weighted by Gasteiger charge is -2.34. The summed E-state index contributed by atoms with van der Waals surface area (Å²) in [6.07, 6.45) is 3.72. The lowest BCUT2D eigenvalue weighted by Crippen LogP contribution is -2.49. The molecular formula is C18H25N3O2. The second kappa shape index (κ2) is 7.02. The molecule has 2 N–H and O–H groups in total. The minimum Gasteiger partial charge on any atom is -0.362 e. The van der Waals surface area contributed by atoms with Crippen LogP contribution in [0.3, 0.4) is 0 Å². The SMILES string of the molecule is C[C@@H]1CCN(CC(=O)N[C@H]2CCCCNC2=O)c2ccccc21. The van der Waals surface area contributed by atoms with Crippen LogP contribution in [0.2, 0.25) is 0 Å². The van der Waals surface area contributed by atoms with Gasteiger partial charge in [0, 0.05) is 18.8 Å². The van der Waals surface area contributed by atoms with E-state index in [0.29, 0.717) is 19.0 Å². The molecule has 5 nitrogen and oxygen atoms in total. The van der Waals surface area contributed by atoms with E-state index >= 15 is 0 Å². The number of fused-ring (bicyclic) bond motifs is 1. The highest BCUT2D eigenvalue weighted by Gasteiger charge is 2.26.